The minimum atomic E-state index is -0.0541. The molecule has 0 radical (unpaired) electrons. The molecule has 8 heteroatoms. The Morgan fingerprint density at radius 1 is 1.14 bits per heavy atom. The molecule has 6 nitrogen and oxygen atoms in total. The van der Waals surface area contributed by atoms with Crippen molar-refractivity contribution in [3.8, 4) is 5.69 Å². The van der Waals surface area contributed by atoms with Crippen LogP contribution < -0.4 is 5.32 Å². The molecule has 4 aromatic rings. The molecule has 3 aromatic heterocycles. The number of benzene rings is 1. The molecule has 0 atom stereocenters. The van der Waals surface area contributed by atoms with E-state index in [0.717, 1.165) is 46.0 Å². The van der Waals surface area contributed by atoms with Gasteiger partial charge >= 0.3 is 0 Å². The number of carbonyl (C=O) groups is 1. The number of rotatable bonds is 6. The number of thiophene rings is 1. The van der Waals surface area contributed by atoms with Crippen molar-refractivity contribution in [1.29, 1.82) is 0 Å². The van der Waals surface area contributed by atoms with E-state index >= 15 is 0 Å². The minimum absolute atomic E-state index is 0.0541. The van der Waals surface area contributed by atoms with Gasteiger partial charge in [0.15, 0.2) is 0 Å². The van der Waals surface area contributed by atoms with Crippen molar-refractivity contribution < 1.29 is 4.79 Å². The fraction of sp³-hybridized carbons (Fsp3) is 0.286. The number of nitrogens with one attached hydrogen (secondary N) is 1. The van der Waals surface area contributed by atoms with Crippen molar-refractivity contribution in [2.75, 3.05) is 6.54 Å². The van der Waals surface area contributed by atoms with Crippen LogP contribution in [0.4, 0.5) is 0 Å². The molecule has 0 aliphatic heterocycles. The Morgan fingerprint density at radius 3 is 2.59 bits per heavy atom. The first-order valence-corrected chi connectivity index (χ1v) is 10.7. The van der Waals surface area contributed by atoms with E-state index in [0.29, 0.717) is 16.4 Å². The number of fused-ring (bicyclic) bond motifs is 1. The van der Waals surface area contributed by atoms with Gasteiger partial charge in [-0.15, -0.1) is 11.3 Å². The van der Waals surface area contributed by atoms with E-state index in [2.05, 4.69) is 21.6 Å². The summed E-state index contributed by atoms with van der Waals surface area (Å²) < 4.78 is 3.84. The van der Waals surface area contributed by atoms with Crippen molar-refractivity contribution in [2.24, 2.45) is 0 Å². The number of halogens is 1. The standard InChI is InChI=1S/C21H22ClN5OS/c1-13-11-14(2)26(24-13)10-4-9-23-20(28)19-12-18-15(3)25-27(21(18)29-19)17-7-5-16(22)6-8-17/h5-8,11-12H,4,9-10H2,1-3H3,(H,23,28). The van der Waals surface area contributed by atoms with E-state index < -0.39 is 0 Å². The summed E-state index contributed by atoms with van der Waals surface area (Å²) in [5.41, 5.74) is 3.98. The molecule has 29 heavy (non-hydrogen) atoms. The van der Waals surface area contributed by atoms with Crippen LogP contribution in [0.15, 0.2) is 36.4 Å². The summed E-state index contributed by atoms with van der Waals surface area (Å²) in [6, 6.07) is 11.5. The number of nitrogens with zero attached hydrogens (tertiary/aromatic N) is 4. The molecule has 0 saturated carbocycles. The first-order chi connectivity index (χ1) is 13.9. The molecule has 0 aliphatic rings. The molecular formula is C21H22ClN5OS. The van der Waals surface area contributed by atoms with Crippen LogP contribution in [0.3, 0.4) is 0 Å². The molecule has 0 bridgehead atoms. The molecule has 0 spiro atoms. The van der Waals surface area contributed by atoms with Gasteiger partial charge in [-0.2, -0.15) is 10.2 Å². The maximum Gasteiger partial charge on any atom is 0.261 e. The zero-order chi connectivity index (χ0) is 20.5. The van der Waals surface area contributed by atoms with Gasteiger partial charge in [0.1, 0.15) is 4.83 Å². The summed E-state index contributed by atoms with van der Waals surface area (Å²) in [5, 5.41) is 13.8. The van der Waals surface area contributed by atoms with E-state index in [1.807, 2.05) is 60.5 Å². The van der Waals surface area contributed by atoms with Crippen LogP contribution in [0.1, 0.15) is 33.2 Å². The van der Waals surface area contributed by atoms with E-state index in [9.17, 15) is 4.79 Å². The highest BCUT2D eigenvalue weighted by Gasteiger charge is 2.17. The molecule has 0 saturated heterocycles. The van der Waals surface area contributed by atoms with Crippen LogP contribution in [0.5, 0.6) is 0 Å². The van der Waals surface area contributed by atoms with Crippen LogP contribution >= 0.6 is 22.9 Å². The lowest BCUT2D eigenvalue weighted by atomic mass is 10.3. The summed E-state index contributed by atoms with van der Waals surface area (Å²) in [7, 11) is 0. The topological polar surface area (TPSA) is 64.7 Å². The van der Waals surface area contributed by atoms with E-state index in [-0.39, 0.29) is 5.91 Å². The van der Waals surface area contributed by atoms with E-state index in [1.165, 1.54) is 11.3 Å². The normalized spacial score (nSPS) is 11.3. The van der Waals surface area contributed by atoms with Gasteiger partial charge < -0.3 is 5.32 Å². The van der Waals surface area contributed by atoms with Gasteiger partial charge in [-0.25, -0.2) is 4.68 Å². The van der Waals surface area contributed by atoms with E-state index in [1.54, 1.807) is 0 Å². The average Bonchev–Trinajstić information content (AvgIpc) is 3.34. The summed E-state index contributed by atoms with van der Waals surface area (Å²) in [6.45, 7) is 7.38. The maximum atomic E-state index is 12.6. The van der Waals surface area contributed by atoms with Gasteiger partial charge in [-0.05, 0) is 63.6 Å². The largest absolute Gasteiger partial charge is 0.351 e. The Balaban J connectivity index is 1.45. The lowest BCUT2D eigenvalue weighted by Gasteiger charge is -2.06. The zero-order valence-corrected chi connectivity index (χ0v) is 18.1. The van der Waals surface area contributed by atoms with Crippen molar-refractivity contribution in [1.82, 2.24) is 24.9 Å². The summed E-state index contributed by atoms with van der Waals surface area (Å²) in [4.78, 5) is 14.3. The summed E-state index contributed by atoms with van der Waals surface area (Å²) in [6.07, 6.45) is 0.830. The molecule has 150 valence electrons. The third kappa shape index (κ3) is 4.06. The molecule has 1 N–H and O–H groups in total. The van der Waals surface area contributed by atoms with Gasteiger partial charge in [-0.3, -0.25) is 9.48 Å². The maximum absolute atomic E-state index is 12.6. The molecular weight excluding hydrogens is 406 g/mol. The Bertz CT molecular complexity index is 1170. The van der Waals surface area contributed by atoms with Crippen molar-refractivity contribution in [3.63, 3.8) is 0 Å². The molecule has 3 heterocycles. The Hall–Kier alpha value is -2.64. The molecule has 0 fully saturated rings. The quantitative estimate of drug-likeness (QED) is 0.454. The second kappa shape index (κ2) is 8.00. The Kier molecular flexibility index (Phi) is 5.43. The molecule has 0 unspecified atom stereocenters. The zero-order valence-electron chi connectivity index (χ0n) is 16.6. The van der Waals surface area contributed by atoms with Crippen molar-refractivity contribution in [3.05, 3.63) is 63.4 Å². The number of carbonyl (C=O) groups excluding carboxylic acids is 1. The van der Waals surface area contributed by atoms with Gasteiger partial charge in [-0.1, -0.05) is 11.6 Å². The average molecular weight is 428 g/mol. The second-order valence-corrected chi connectivity index (χ2v) is 8.53. The van der Waals surface area contributed by atoms with Crippen LogP contribution in [0.25, 0.3) is 15.9 Å². The third-order valence-electron chi connectivity index (χ3n) is 4.78. The number of hydrogen-bond donors (Lipinski definition) is 1. The predicted molar refractivity (Wildman–Crippen MR) is 117 cm³/mol. The highest BCUT2D eigenvalue weighted by Crippen LogP contribution is 2.30. The van der Waals surface area contributed by atoms with Crippen molar-refractivity contribution in [2.45, 2.75) is 33.7 Å². The van der Waals surface area contributed by atoms with Gasteiger partial charge in [0.2, 0.25) is 0 Å². The monoisotopic (exact) mass is 427 g/mol. The predicted octanol–water partition coefficient (Wildman–Crippen LogP) is 4.68. The minimum Gasteiger partial charge on any atom is -0.351 e. The fourth-order valence-electron chi connectivity index (χ4n) is 3.34. The molecule has 0 aliphatic carbocycles. The third-order valence-corrected chi connectivity index (χ3v) is 6.14. The van der Waals surface area contributed by atoms with Crippen LogP contribution in [-0.4, -0.2) is 32.0 Å². The SMILES string of the molecule is Cc1cc(C)n(CCCNC(=O)c2cc3c(C)nn(-c4ccc(Cl)cc4)c3s2)n1. The highest BCUT2D eigenvalue weighted by atomic mass is 35.5. The number of amides is 1. The first-order valence-electron chi connectivity index (χ1n) is 9.47. The van der Waals surface area contributed by atoms with Crippen molar-refractivity contribution >= 4 is 39.1 Å². The summed E-state index contributed by atoms with van der Waals surface area (Å²) >= 11 is 7.44. The fourth-order valence-corrected chi connectivity index (χ4v) is 4.56. The van der Waals surface area contributed by atoms with Gasteiger partial charge in [0.25, 0.3) is 5.91 Å². The Labute approximate surface area is 178 Å². The molecule has 4 rings (SSSR count). The highest BCUT2D eigenvalue weighted by molar-refractivity contribution is 7.20. The lowest BCUT2D eigenvalue weighted by molar-refractivity contribution is 0.0956. The second-order valence-electron chi connectivity index (χ2n) is 7.06. The number of aryl methyl sites for hydroxylation is 4. The number of aromatic nitrogens is 4. The van der Waals surface area contributed by atoms with Crippen LogP contribution in [0, 0.1) is 20.8 Å². The number of hydrogen-bond acceptors (Lipinski definition) is 4. The smallest absolute Gasteiger partial charge is 0.261 e. The van der Waals surface area contributed by atoms with E-state index in [4.69, 9.17) is 11.6 Å². The van der Waals surface area contributed by atoms with Crippen LogP contribution in [-0.2, 0) is 6.54 Å². The first kappa shape index (κ1) is 19.7. The van der Waals surface area contributed by atoms with Gasteiger partial charge in [0, 0.05) is 29.2 Å². The van der Waals surface area contributed by atoms with Crippen LogP contribution in [0.2, 0.25) is 5.02 Å². The Morgan fingerprint density at radius 2 is 1.90 bits per heavy atom. The molecule has 1 aromatic carbocycles. The van der Waals surface area contributed by atoms with Gasteiger partial charge in [0.05, 0.1) is 22.0 Å². The summed E-state index contributed by atoms with van der Waals surface area (Å²) in [5.74, 6) is -0.0541. The lowest BCUT2D eigenvalue weighted by Crippen LogP contribution is -2.24. The molecule has 1 amide bonds.